The Bertz CT molecular complexity index is 416. The summed E-state index contributed by atoms with van der Waals surface area (Å²) in [5.74, 6) is -0.380. The number of nitrogens with one attached hydrogen (secondary N) is 1. The third kappa shape index (κ3) is 2.54. The molecular formula is C14H19F2NS. The Morgan fingerprint density at radius 3 is 2.83 bits per heavy atom. The summed E-state index contributed by atoms with van der Waals surface area (Å²) in [6.45, 7) is 4.88. The average molecular weight is 271 g/mol. The van der Waals surface area contributed by atoms with Crippen LogP contribution in [0.1, 0.15) is 38.3 Å². The predicted octanol–water partition coefficient (Wildman–Crippen LogP) is 3.90. The standard InChI is InChI=1S/C14H19F2NS/c1-3-17-13(14(2)8-5-9-18-14)10-6-4-7-11(15)12(10)16/h4,6-7,13,17H,3,5,8-9H2,1-2H3. The molecule has 2 rings (SSSR count). The minimum absolute atomic E-state index is 0.0509. The minimum Gasteiger partial charge on any atom is -0.309 e. The van der Waals surface area contributed by atoms with Gasteiger partial charge in [0, 0.05) is 16.4 Å². The highest BCUT2D eigenvalue weighted by Gasteiger charge is 2.39. The molecule has 0 aromatic heterocycles. The molecule has 1 aliphatic heterocycles. The summed E-state index contributed by atoms with van der Waals surface area (Å²) in [4.78, 5) is 0. The number of hydrogen-bond acceptors (Lipinski definition) is 2. The van der Waals surface area contributed by atoms with E-state index >= 15 is 0 Å². The smallest absolute Gasteiger partial charge is 0.163 e. The van der Waals surface area contributed by atoms with E-state index in [4.69, 9.17) is 0 Å². The fraction of sp³-hybridized carbons (Fsp3) is 0.571. The summed E-state index contributed by atoms with van der Waals surface area (Å²) in [5, 5.41) is 3.32. The van der Waals surface area contributed by atoms with Crippen LogP contribution >= 0.6 is 11.8 Å². The number of halogens is 2. The van der Waals surface area contributed by atoms with Crippen molar-refractivity contribution in [3.8, 4) is 0 Å². The summed E-state index contributed by atoms with van der Waals surface area (Å²) in [5.41, 5.74) is 0.453. The Labute approximate surface area is 111 Å². The molecule has 4 heteroatoms. The lowest BCUT2D eigenvalue weighted by molar-refractivity contribution is 0.396. The Kier molecular flexibility index (Phi) is 4.28. The van der Waals surface area contributed by atoms with Gasteiger partial charge in [0.05, 0.1) is 0 Å². The van der Waals surface area contributed by atoms with Crippen LogP contribution in [0.25, 0.3) is 0 Å². The van der Waals surface area contributed by atoms with Crippen LogP contribution in [0.3, 0.4) is 0 Å². The maximum Gasteiger partial charge on any atom is 0.163 e. The SMILES string of the molecule is CCNC(c1cccc(F)c1F)C1(C)CCCS1. The quantitative estimate of drug-likeness (QED) is 0.891. The summed E-state index contributed by atoms with van der Waals surface area (Å²) < 4.78 is 27.3. The summed E-state index contributed by atoms with van der Waals surface area (Å²) in [6.07, 6.45) is 2.17. The number of rotatable bonds is 4. The van der Waals surface area contributed by atoms with Crippen LogP contribution in [0.5, 0.6) is 0 Å². The van der Waals surface area contributed by atoms with E-state index in [0.29, 0.717) is 5.56 Å². The molecule has 18 heavy (non-hydrogen) atoms. The number of benzene rings is 1. The van der Waals surface area contributed by atoms with Gasteiger partial charge in [0.2, 0.25) is 0 Å². The number of thioether (sulfide) groups is 1. The van der Waals surface area contributed by atoms with E-state index in [1.54, 1.807) is 12.1 Å². The van der Waals surface area contributed by atoms with Crippen LogP contribution in [0.15, 0.2) is 18.2 Å². The molecule has 1 aromatic carbocycles. The third-order valence-electron chi connectivity index (χ3n) is 3.56. The average Bonchev–Trinajstić information content (AvgIpc) is 2.78. The Morgan fingerprint density at radius 1 is 1.44 bits per heavy atom. The largest absolute Gasteiger partial charge is 0.309 e. The fourth-order valence-corrected chi connectivity index (χ4v) is 4.05. The molecule has 1 N–H and O–H groups in total. The molecule has 1 nitrogen and oxygen atoms in total. The minimum atomic E-state index is -0.762. The van der Waals surface area contributed by atoms with E-state index in [9.17, 15) is 8.78 Å². The Hall–Kier alpha value is -0.610. The topological polar surface area (TPSA) is 12.0 Å². The van der Waals surface area contributed by atoms with Gasteiger partial charge >= 0.3 is 0 Å². The van der Waals surface area contributed by atoms with Crippen molar-refractivity contribution < 1.29 is 8.78 Å². The zero-order chi connectivity index (χ0) is 13.2. The lowest BCUT2D eigenvalue weighted by Crippen LogP contribution is -2.38. The first-order valence-corrected chi connectivity index (χ1v) is 7.38. The van der Waals surface area contributed by atoms with Gasteiger partial charge in [-0.2, -0.15) is 11.8 Å². The fourth-order valence-electron chi connectivity index (χ4n) is 2.63. The van der Waals surface area contributed by atoms with Crippen LogP contribution in [0, 0.1) is 11.6 Å². The molecular weight excluding hydrogens is 252 g/mol. The number of hydrogen-bond donors (Lipinski definition) is 1. The van der Waals surface area contributed by atoms with Gasteiger partial charge < -0.3 is 5.32 Å². The van der Waals surface area contributed by atoms with Crippen molar-refractivity contribution in [2.75, 3.05) is 12.3 Å². The molecule has 1 heterocycles. The molecule has 0 saturated carbocycles. The normalized spacial score (nSPS) is 25.3. The van der Waals surface area contributed by atoms with Gasteiger partial charge in [0.25, 0.3) is 0 Å². The van der Waals surface area contributed by atoms with Gasteiger partial charge in [0.1, 0.15) is 0 Å². The maximum atomic E-state index is 14.0. The van der Waals surface area contributed by atoms with E-state index < -0.39 is 11.6 Å². The Balaban J connectivity index is 2.38. The van der Waals surface area contributed by atoms with E-state index in [2.05, 4.69) is 12.2 Å². The van der Waals surface area contributed by atoms with E-state index in [-0.39, 0.29) is 10.8 Å². The van der Waals surface area contributed by atoms with Crippen LogP contribution in [-0.2, 0) is 0 Å². The maximum absolute atomic E-state index is 14.0. The van der Waals surface area contributed by atoms with Crippen molar-refractivity contribution in [3.05, 3.63) is 35.4 Å². The van der Waals surface area contributed by atoms with Crippen molar-refractivity contribution in [2.45, 2.75) is 37.5 Å². The first-order chi connectivity index (χ1) is 8.58. The van der Waals surface area contributed by atoms with Gasteiger partial charge in [-0.1, -0.05) is 19.1 Å². The molecule has 100 valence electrons. The zero-order valence-corrected chi connectivity index (χ0v) is 11.6. The Morgan fingerprint density at radius 2 is 2.22 bits per heavy atom. The molecule has 0 aliphatic carbocycles. The van der Waals surface area contributed by atoms with Gasteiger partial charge in [-0.05, 0) is 38.1 Å². The van der Waals surface area contributed by atoms with Crippen LogP contribution in [0.2, 0.25) is 0 Å². The van der Waals surface area contributed by atoms with Crippen molar-refractivity contribution in [3.63, 3.8) is 0 Å². The van der Waals surface area contributed by atoms with Crippen LogP contribution in [-0.4, -0.2) is 17.0 Å². The predicted molar refractivity (Wildman–Crippen MR) is 72.9 cm³/mol. The second kappa shape index (κ2) is 5.57. The van der Waals surface area contributed by atoms with Gasteiger partial charge in [-0.3, -0.25) is 0 Å². The lowest BCUT2D eigenvalue weighted by atomic mass is 9.90. The molecule has 1 aromatic rings. The molecule has 2 atom stereocenters. The van der Waals surface area contributed by atoms with Crippen LogP contribution < -0.4 is 5.32 Å². The van der Waals surface area contributed by atoms with Crippen molar-refractivity contribution in [2.24, 2.45) is 0 Å². The molecule has 1 fully saturated rings. The molecule has 0 amide bonds. The van der Waals surface area contributed by atoms with Gasteiger partial charge in [0.15, 0.2) is 11.6 Å². The van der Waals surface area contributed by atoms with Crippen LogP contribution in [0.4, 0.5) is 8.78 Å². The first kappa shape index (κ1) is 13.8. The van der Waals surface area contributed by atoms with E-state index in [0.717, 1.165) is 25.1 Å². The molecule has 0 radical (unpaired) electrons. The highest BCUT2D eigenvalue weighted by Crippen LogP contribution is 2.47. The second-order valence-corrected chi connectivity index (χ2v) is 6.53. The van der Waals surface area contributed by atoms with Crippen molar-refractivity contribution in [1.29, 1.82) is 0 Å². The second-order valence-electron chi connectivity index (χ2n) is 4.90. The van der Waals surface area contributed by atoms with E-state index in [1.165, 1.54) is 6.07 Å². The zero-order valence-electron chi connectivity index (χ0n) is 10.8. The monoisotopic (exact) mass is 271 g/mol. The van der Waals surface area contributed by atoms with E-state index in [1.807, 2.05) is 18.7 Å². The molecule has 0 bridgehead atoms. The highest BCUT2D eigenvalue weighted by molar-refractivity contribution is 8.00. The highest BCUT2D eigenvalue weighted by atomic mass is 32.2. The third-order valence-corrected chi connectivity index (χ3v) is 5.15. The summed E-state index contributed by atoms with van der Waals surface area (Å²) in [7, 11) is 0. The van der Waals surface area contributed by atoms with Crippen molar-refractivity contribution >= 4 is 11.8 Å². The first-order valence-electron chi connectivity index (χ1n) is 6.40. The lowest BCUT2D eigenvalue weighted by Gasteiger charge is -2.34. The molecule has 1 saturated heterocycles. The van der Waals surface area contributed by atoms with Gasteiger partial charge in [-0.25, -0.2) is 8.78 Å². The summed E-state index contributed by atoms with van der Waals surface area (Å²) >= 11 is 1.85. The van der Waals surface area contributed by atoms with Crippen molar-refractivity contribution in [1.82, 2.24) is 5.32 Å². The summed E-state index contributed by atoms with van der Waals surface area (Å²) in [6, 6.07) is 4.31. The molecule has 1 aliphatic rings. The molecule has 2 unspecified atom stereocenters. The van der Waals surface area contributed by atoms with Gasteiger partial charge in [-0.15, -0.1) is 0 Å². The molecule has 0 spiro atoms.